The molecule has 4 nitrogen and oxygen atoms in total. The SMILES string of the molecule is [CH2]CC(=O)OCCCC.[CH2]CC(=O)OCCCC.[Cl-].[Cl-].[Sn+2]. The Balaban J connectivity index is -0.0000000711. The minimum atomic E-state index is -0.205. The van der Waals surface area contributed by atoms with Crippen molar-refractivity contribution in [2.45, 2.75) is 52.4 Å². The van der Waals surface area contributed by atoms with Gasteiger partial charge in [0.1, 0.15) is 0 Å². The third-order valence-corrected chi connectivity index (χ3v) is 1.93. The maximum Gasteiger partial charge on any atom is 2.00 e. The number of carbonyl (C=O) groups is 2. The van der Waals surface area contributed by atoms with Crippen LogP contribution >= 0.6 is 0 Å². The van der Waals surface area contributed by atoms with E-state index in [0.29, 0.717) is 13.2 Å². The van der Waals surface area contributed by atoms with Crippen molar-refractivity contribution in [3.63, 3.8) is 0 Å². The fraction of sp³-hybridized carbons (Fsp3) is 0.714. The van der Waals surface area contributed by atoms with Crippen molar-refractivity contribution in [1.82, 2.24) is 0 Å². The first-order valence-electron chi connectivity index (χ1n) is 6.52. The van der Waals surface area contributed by atoms with E-state index in [1.165, 1.54) is 0 Å². The Morgan fingerprint density at radius 1 is 0.810 bits per heavy atom. The van der Waals surface area contributed by atoms with Gasteiger partial charge in [-0.25, -0.2) is 0 Å². The summed E-state index contributed by atoms with van der Waals surface area (Å²) >= 11 is 0. The first-order chi connectivity index (χ1) is 8.62. The van der Waals surface area contributed by atoms with Crippen molar-refractivity contribution in [1.29, 1.82) is 0 Å². The van der Waals surface area contributed by atoms with E-state index in [-0.39, 0.29) is 73.5 Å². The summed E-state index contributed by atoms with van der Waals surface area (Å²) < 4.78 is 9.46. The molecule has 0 amide bonds. The average Bonchev–Trinajstić information content (AvgIpc) is 2.39. The van der Waals surface area contributed by atoms with Crippen LogP contribution in [0.3, 0.4) is 0 Å². The Morgan fingerprint density at radius 2 is 1.10 bits per heavy atom. The molecule has 0 unspecified atom stereocenters. The summed E-state index contributed by atoms with van der Waals surface area (Å²) in [5.74, 6) is -0.410. The van der Waals surface area contributed by atoms with Crippen LogP contribution in [0.15, 0.2) is 0 Å². The molecular weight excluding hydrogens is 422 g/mol. The van der Waals surface area contributed by atoms with Gasteiger partial charge in [0.15, 0.2) is 0 Å². The van der Waals surface area contributed by atoms with Crippen molar-refractivity contribution < 1.29 is 43.9 Å². The van der Waals surface area contributed by atoms with Gasteiger partial charge in [-0.3, -0.25) is 9.59 Å². The van der Waals surface area contributed by atoms with Gasteiger partial charge in [0.2, 0.25) is 0 Å². The molecule has 0 bridgehead atoms. The summed E-state index contributed by atoms with van der Waals surface area (Å²) in [7, 11) is 0. The maximum atomic E-state index is 10.4. The summed E-state index contributed by atoms with van der Waals surface area (Å²) in [6.07, 6.45) is 4.50. The van der Waals surface area contributed by atoms with Crippen LogP contribution in [0.5, 0.6) is 0 Å². The zero-order valence-electron chi connectivity index (χ0n) is 13.0. The number of rotatable bonds is 8. The Hall–Kier alpha value is 0.319. The molecule has 0 fully saturated rings. The smallest absolute Gasteiger partial charge is 1.00 e. The zero-order valence-corrected chi connectivity index (χ0v) is 17.3. The molecule has 0 N–H and O–H groups in total. The number of unbranched alkanes of at least 4 members (excludes halogenated alkanes) is 2. The van der Waals surface area contributed by atoms with Crippen LogP contribution in [-0.2, 0) is 19.1 Å². The molecule has 0 saturated carbocycles. The van der Waals surface area contributed by atoms with E-state index in [2.05, 4.69) is 27.7 Å². The number of halogens is 2. The summed E-state index contributed by atoms with van der Waals surface area (Å²) in [5.41, 5.74) is 0. The van der Waals surface area contributed by atoms with Crippen molar-refractivity contribution in [2.75, 3.05) is 13.2 Å². The summed E-state index contributed by atoms with van der Waals surface area (Å²) in [4.78, 5) is 20.8. The van der Waals surface area contributed by atoms with Crippen LogP contribution in [0.4, 0.5) is 0 Å². The van der Waals surface area contributed by atoms with Gasteiger partial charge in [-0.15, -0.1) is 0 Å². The van der Waals surface area contributed by atoms with E-state index in [4.69, 9.17) is 9.47 Å². The Morgan fingerprint density at radius 3 is 1.29 bits per heavy atom. The fourth-order valence-corrected chi connectivity index (χ4v) is 0.805. The van der Waals surface area contributed by atoms with Crippen LogP contribution in [0.2, 0.25) is 0 Å². The first-order valence-corrected chi connectivity index (χ1v) is 6.52. The predicted molar refractivity (Wildman–Crippen MR) is 77.4 cm³/mol. The normalized spacial score (nSPS) is 7.81. The summed E-state index contributed by atoms with van der Waals surface area (Å²) in [6, 6.07) is 0. The van der Waals surface area contributed by atoms with E-state index < -0.39 is 0 Å². The molecule has 0 aliphatic heterocycles. The second kappa shape index (κ2) is 28.5. The molecule has 21 heavy (non-hydrogen) atoms. The van der Waals surface area contributed by atoms with Crippen LogP contribution in [0.1, 0.15) is 52.4 Å². The third kappa shape index (κ3) is 33.3. The molecule has 124 valence electrons. The molecule has 0 aliphatic carbocycles. The fourth-order valence-electron chi connectivity index (χ4n) is 0.805. The maximum absolute atomic E-state index is 10.4. The molecule has 0 aromatic carbocycles. The number of carbonyl (C=O) groups excluding carboxylic acids is 2. The van der Waals surface area contributed by atoms with Gasteiger partial charge in [0, 0.05) is 12.8 Å². The molecule has 4 radical (unpaired) electrons. The quantitative estimate of drug-likeness (QED) is 0.223. The van der Waals surface area contributed by atoms with Gasteiger partial charge in [-0.05, 0) is 26.7 Å². The van der Waals surface area contributed by atoms with Crippen molar-refractivity contribution in [2.24, 2.45) is 0 Å². The van der Waals surface area contributed by atoms with E-state index >= 15 is 0 Å². The molecule has 7 heteroatoms. The van der Waals surface area contributed by atoms with Crippen LogP contribution < -0.4 is 24.8 Å². The molecule has 0 saturated heterocycles. The molecule has 0 aromatic heterocycles. The molecule has 0 heterocycles. The third-order valence-electron chi connectivity index (χ3n) is 1.93. The van der Waals surface area contributed by atoms with Crippen molar-refractivity contribution >= 4 is 35.8 Å². The molecule has 0 atom stereocenters. The Labute approximate surface area is 158 Å². The second-order valence-electron chi connectivity index (χ2n) is 3.65. The Kier molecular flexibility index (Phi) is 44.8. The topological polar surface area (TPSA) is 52.6 Å². The Bertz CT molecular complexity index is 195. The van der Waals surface area contributed by atoms with Crippen LogP contribution in [0, 0.1) is 13.8 Å². The summed E-state index contributed by atoms with van der Waals surface area (Å²) in [5, 5.41) is 0. The van der Waals surface area contributed by atoms with Crippen LogP contribution in [-0.4, -0.2) is 49.1 Å². The van der Waals surface area contributed by atoms with Gasteiger partial charge in [0.05, 0.1) is 13.2 Å². The van der Waals surface area contributed by atoms with Crippen molar-refractivity contribution in [3.8, 4) is 0 Å². The van der Waals surface area contributed by atoms with E-state index in [0.717, 1.165) is 25.7 Å². The van der Waals surface area contributed by atoms with E-state index in [9.17, 15) is 9.59 Å². The first kappa shape index (κ1) is 33.1. The minimum absolute atomic E-state index is 0. The monoisotopic (exact) mass is 448 g/mol. The second-order valence-corrected chi connectivity index (χ2v) is 3.65. The van der Waals surface area contributed by atoms with Gasteiger partial charge in [-0.2, -0.15) is 0 Å². The largest absolute Gasteiger partial charge is 2.00 e. The molecule has 0 spiro atoms. The molecule has 0 aromatic rings. The van der Waals surface area contributed by atoms with Crippen molar-refractivity contribution in [3.05, 3.63) is 13.8 Å². The van der Waals surface area contributed by atoms with Gasteiger partial charge < -0.3 is 34.3 Å². The van der Waals surface area contributed by atoms with E-state index in [1.807, 2.05) is 0 Å². The number of hydrogen-bond acceptors (Lipinski definition) is 4. The summed E-state index contributed by atoms with van der Waals surface area (Å²) in [6.45, 7) is 12.0. The predicted octanol–water partition coefficient (Wildman–Crippen LogP) is -3.27. The molecule has 0 rings (SSSR count). The minimum Gasteiger partial charge on any atom is -1.00 e. The number of hydrogen-bond donors (Lipinski definition) is 0. The average molecular weight is 448 g/mol. The van der Waals surface area contributed by atoms with Crippen LogP contribution in [0.25, 0.3) is 0 Å². The van der Waals surface area contributed by atoms with Gasteiger partial charge in [-0.1, -0.05) is 26.7 Å². The zero-order chi connectivity index (χ0) is 14.2. The van der Waals surface area contributed by atoms with Gasteiger partial charge in [0.25, 0.3) is 0 Å². The standard InChI is InChI=1S/2C7H13O2.2ClH.Sn/c2*1-3-5-6-9-7(8)4-2;;;/h2*2-6H2,1H3;2*1H;/q;;;;+2/p-2. The number of esters is 2. The molecular formula is C14H26Cl2O4Sn. The molecule has 0 aliphatic rings. The van der Waals surface area contributed by atoms with Gasteiger partial charge >= 0.3 is 35.8 Å². The van der Waals surface area contributed by atoms with E-state index in [1.54, 1.807) is 0 Å². The number of ether oxygens (including phenoxy) is 2.